The molecule has 0 aliphatic carbocycles. The minimum absolute atomic E-state index is 0.221. The van der Waals surface area contributed by atoms with E-state index in [1.165, 1.54) is 19.3 Å². The highest BCUT2D eigenvalue weighted by Crippen LogP contribution is 2.29. The molecule has 1 aliphatic heterocycles. The van der Waals surface area contributed by atoms with Crippen LogP contribution in [0.2, 0.25) is 0 Å². The van der Waals surface area contributed by atoms with Gasteiger partial charge in [-0.2, -0.15) is 11.8 Å². The van der Waals surface area contributed by atoms with Gasteiger partial charge in [-0.05, 0) is 29.9 Å². The van der Waals surface area contributed by atoms with Gasteiger partial charge in [-0.1, -0.05) is 41.0 Å². The summed E-state index contributed by atoms with van der Waals surface area (Å²) < 4.78 is 0. The standard InChI is InChI=1S/C16H31NOS/c1-6-19-14-9-7-8-10-17(12-14)15(18)11-13(2)16(3,4)5/h13-14H,6-12H2,1-5H3. The molecule has 0 radical (unpaired) electrons. The lowest BCUT2D eigenvalue weighted by Crippen LogP contribution is -2.37. The largest absolute Gasteiger partial charge is 0.342 e. The molecule has 1 rings (SSSR count). The Hall–Kier alpha value is -0.180. The van der Waals surface area contributed by atoms with Crippen LogP contribution >= 0.6 is 11.8 Å². The van der Waals surface area contributed by atoms with Crippen LogP contribution in [0.1, 0.15) is 60.3 Å². The molecule has 19 heavy (non-hydrogen) atoms. The topological polar surface area (TPSA) is 20.3 Å². The van der Waals surface area contributed by atoms with Gasteiger partial charge in [0.1, 0.15) is 0 Å². The highest BCUT2D eigenvalue weighted by atomic mass is 32.2. The Bertz CT molecular complexity index is 285. The molecule has 2 nitrogen and oxygen atoms in total. The molecule has 0 aromatic heterocycles. The minimum atomic E-state index is 0.221. The van der Waals surface area contributed by atoms with Gasteiger partial charge in [0.25, 0.3) is 0 Å². The Balaban J connectivity index is 2.54. The van der Waals surface area contributed by atoms with Gasteiger partial charge in [-0.25, -0.2) is 0 Å². The Labute approximate surface area is 123 Å². The SMILES string of the molecule is CCSC1CCCCN(C(=O)CC(C)C(C)(C)C)C1. The molecule has 0 aromatic rings. The van der Waals surface area contributed by atoms with Crippen molar-refractivity contribution in [2.45, 2.75) is 65.6 Å². The van der Waals surface area contributed by atoms with E-state index in [1.54, 1.807) is 0 Å². The van der Waals surface area contributed by atoms with Crippen molar-refractivity contribution in [1.29, 1.82) is 0 Å². The molecule has 3 heteroatoms. The molecule has 1 saturated heterocycles. The molecule has 112 valence electrons. The molecular weight excluding hydrogens is 254 g/mol. The van der Waals surface area contributed by atoms with Crippen molar-refractivity contribution in [2.75, 3.05) is 18.8 Å². The summed E-state index contributed by atoms with van der Waals surface area (Å²) in [5.74, 6) is 1.97. The van der Waals surface area contributed by atoms with Gasteiger partial charge >= 0.3 is 0 Å². The summed E-state index contributed by atoms with van der Waals surface area (Å²) in [4.78, 5) is 14.6. The first kappa shape index (κ1) is 16.9. The molecule has 1 fully saturated rings. The van der Waals surface area contributed by atoms with E-state index >= 15 is 0 Å². The Morgan fingerprint density at radius 3 is 2.63 bits per heavy atom. The summed E-state index contributed by atoms with van der Waals surface area (Å²) in [6.45, 7) is 13.0. The number of rotatable bonds is 4. The Morgan fingerprint density at radius 2 is 2.05 bits per heavy atom. The highest BCUT2D eigenvalue weighted by Gasteiger charge is 2.27. The summed E-state index contributed by atoms with van der Waals surface area (Å²) in [5, 5.41) is 0.654. The molecule has 2 unspecified atom stereocenters. The minimum Gasteiger partial charge on any atom is -0.342 e. The van der Waals surface area contributed by atoms with E-state index in [0.717, 1.165) is 18.8 Å². The van der Waals surface area contributed by atoms with Crippen molar-refractivity contribution in [2.24, 2.45) is 11.3 Å². The van der Waals surface area contributed by atoms with Gasteiger partial charge in [0.05, 0.1) is 0 Å². The zero-order valence-electron chi connectivity index (χ0n) is 13.4. The lowest BCUT2D eigenvalue weighted by molar-refractivity contribution is -0.132. The van der Waals surface area contributed by atoms with Crippen LogP contribution in [0.4, 0.5) is 0 Å². The summed E-state index contributed by atoms with van der Waals surface area (Å²) in [6, 6.07) is 0. The van der Waals surface area contributed by atoms with Crippen molar-refractivity contribution >= 4 is 17.7 Å². The summed E-state index contributed by atoms with van der Waals surface area (Å²) in [5.41, 5.74) is 0.221. The number of amides is 1. The van der Waals surface area contributed by atoms with Gasteiger partial charge in [-0.3, -0.25) is 4.79 Å². The smallest absolute Gasteiger partial charge is 0.222 e. The maximum atomic E-state index is 12.5. The number of carbonyl (C=O) groups is 1. The fourth-order valence-corrected chi connectivity index (χ4v) is 3.49. The van der Waals surface area contributed by atoms with Crippen LogP contribution < -0.4 is 0 Å². The zero-order chi connectivity index (χ0) is 14.5. The molecule has 1 heterocycles. The second kappa shape index (κ2) is 7.56. The van der Waals surface area contributed by atoms with Crippen LogP contribution in [0.3, 0.4) is 0 Å². The Kier molecular flexibility index (Phi) is 6.72. The van der Waals surface area contributed by atoms with E-state index in [1.807, 2.05) is 11.8 Å². The predicted molar refractivity (Wildman–Crippen MR) is 85.6 cm³/mol. The fraction of sp³-hybridized carbons (Fsp3) is 0.938. The predicted octanol–water partition coefficient (Wildman–Crippen LogP) is 4.19. The third-order valence-electron chi connectivity index (χ3n) is 4.34. The Morgan fingerprint density at radius 1 is 1.37 bits per heavy atom. The highest BCUT2D eigenvalue weighted by molar-refractivity contribution is 7.99. The van der Waals surface area contributed by atoms with Crippen LogP contribution in [-0.4, -0.2) is 34.9 Å². The third-order valence-corrected chi connectivity index (χ3v) is 5.53. The average Bonchev–Trinajstić information content (AvgIpc) is 2.54. The van der Waals surface area contributed by atoms with Crippen molar-refractivity contribution in [3.63, 3.8) is 0 Å². The number of carbonyl (C=O) groups excluding carboxylic acids is 1. The van der Waals surface area contributed by atoms with E-state index in [9.17, 15) is 4.79 Å². The lowest BCUT2D eigenvalue weighted by atomic mass is 9.80. The number of nitrogens with zero attached hydrogens (tertiary/aromatic N) is 1. The number of hydrogen-bond donors (Lipinski definition) is 0. The van der Waals surface area contributed by atoms with Crippen molar-refractivity contribution in [3.8, 4) is 0 Å². The molecule has 0 aromatic carbocycles. The molecular formula is C16H31NOS. The summed E-state index contributed by atoms with van der Waals surface area (Å²) in [6.07, 6.45) is 4.43. The van der Waals surface area contributed by atoms with Crippen LogP contribution in [0, 0.1) is 11.3 Å². The maximum Gasteiger partial charge on any atom is 0.222 e. The number of hydrogen-bond acceptors (Lipinski definition) is 2. The van der Waals surface area contributed by atoms with E-state index < -0.39 is 0 Å². The third kappa shape index (κ3) is 5.76. The maximum absolute atomic E-state index is 12.5. The number of thioether (sulfide) groups is 1. The first-order valence-electron chi connectivity index (χ1n) is 7.74. The van der Waals surface area contributed by atoms with Crippen molar-refractivity contribution in [3.05, 3.63) is 0 Å². The fourth-order valence-electron chi connectivity index (χ4n) is 2.40. The van der Waals surface area contributed by atoms with Crippen molar-refractivity contribution in [1.82, 2.24) is 4.90 Å². The first-order valence-corrected chi connectivity index (χ1v) is 8.78. The normalized spacial score (nSPS) is 23.0. The monoisotopic (exact) mass is 285 g/mol. The summed E-state index contributed by atoms with van der Waals surface area (Å²) >= 11 is 2.02. The van der Waals surface area contributed by atoms with Crippen LogP contribution in [-0.2, 0) is 4.79 Å². The van der Waals surface area contributed by atoms with Gasteiger partial charge in [0, 0.05) is 24.8 Å². The van der Waals surface area contributed by atoms with E-state index in [4.69, 9.17) is 0 Å². The second-order valence-corrected chi connectivity index (χ2v) is 8.46. The van der Waals surface area contributed by atoms with Gasteiger partial charge in [0.15, 0.2) is 0 Å². The molecule has 0 N–H and O–H groups in total. The van der Waals surface area contributed by atoms with Gasteiger partial charge < -0.3 is 4.90 Å². The van der Waals surface area contributed by atoms with E-state index in [0.29, 0.717) is 23.5 Å². The molecule has 0 bridgehead atoms. The van der Waals surface area contributed by atoms with E-state index in [2.05, 4.69) is 39.5 Å². The molecule has 1 aliphatic rings. The van der Waals surface area contributed by atoms with E-state index in [-0.39, 0.29) is 5.41 Å². The molecule has 1 amide bonds. The van der Waals surface area contributed by atoms with Crippen LogP contribution in [0.25, 0.3) is 0 Å². The molecule has 0 saturated carbocycles. The quantitative estimate of drug-likeness (QED) is 0.772. The van der Waals surface area contributed by atoms with Crippen molar-refractivity contribution < 1.29 is 4.79 Å². The first-order chi connectivity index (χ1) is 8.84. The van der Waals surface area contributed by atoms with Crippen LogP contribution in [0.15, 0.2) is 0 Å². The van der Waals surface area contributed by atoms with Gasteiger partial charge in [0.2, 0.25) is 5.91 Å². The molecule has 0 spiro atoms. The second-order valence-electron chi connectivity index (χ2n) is 6.88. The molecule has 2 atom stereocenters. The lowest BCUT2D eigenvalue weighted by Gasteiger charge is -2.30. The average molecular weight is 285 g/mol. The van der Waals surface area contributed by atoms with Crippen LogP contribution in [0.5, 0.6) is 0 Å². The van der Waals surface area contributed by atoms with Gasteiger partial charge in [-0.15, -0.1) is 0 Å². The summed E-state index contributed by atoms with van der Waals surface area (Å²) in [7, 11) is 0. The zero-order valence-corrected chi connectivity index (χ0v) is 14.2. The number of likely N-dealkylation sites (tertiary alicyclic amines) is 1.